The first-order valence-corrected chi connectivity index (χ1v) is 9.59. The first kappa shape index (κ1) is 19.4. The molecule has 4 rings (SSSR count). The van der Waals surface area contributed by atoms with Gasteiger partial charge in [-0.3, -0.25) is 9.59 Å². The fourth-order valence-electron chi connectivity index (χ4n) is 3.10. The van der Waals surface area contributed by atoms with Gasteiger partial charge in [-0.25, -0.2) is 9.67 Å². The summed E-state index contributed by atoms with van der Waals surface area (Å²) in [6, 6.07) is 13.6. The zero-order chi connectivity index (χ0) is 21.1. The van der Waals surface area contributed by atoms with Crippen molar-refractivity contribution in [3.05, 3.63) is 77.5 Å². The van der Waals surface area contributed by atoms with E-state index in [2.05, 4.69) is 25.7 Å². The Morgan fingerprint density at radius 3 is 2.77 bits per heavy atom. The van der Waals surface area contributed by atoms with Crippen molar-refractivity contribution in [1.29, 1.82) is 0 Å². The van der Waals surface area contributed by atoms with Crippen molar-refractivity contribution in [3.8, 4) is 0 Å². The summed E-state index contributed by atoms with van der Waals surface area (Å²) < 4.78 is 1.35. The van der Waals surface area contributed by atoms with Gasteiger partial charge in [-0.05, 0) is 66.3 Å². The SMILES string of the molecule is Cc1ccc(NC(=O)c2ncn(CC(=O)NCc3ccc4[nH]ccc4c3)n2)cc1C. The zero-order valence-electron chi connectivity index (χ0n) is 16.8. The Morgan fingerprint density at radius 2 is 1.93 bits per heavy atom. The monoisotopic (exact) mass is 402 g/mol. The minimum absolute atomic E-state index is 0.0129. The van der Waals surface area contributed by atoms with Crippen LogP contribution < -0.4 is 10.6 Å². The molecule has 8 heteroatoms. The molecular weight excluding hydrogens is 380 g/mol. The van der Waals surface area contributed by atoms with Crippen LogP contribution in [0.1, 0.15) is 27.3 Å². The lowest BCUT2D eigenvalue weighted by Gasteiger charge is -2.06. The number of aromatic amines is 1. The van der Waals surface area contributed by atoms with E-state index in [1.165, 1.54) is 11.0 Å². The molecule has 0 saturated heterocycles. The molecular formula is C22H22N6O2. The molecule has 0 spiro atoms. The summed E-state index contributed by atoms with van der Waals surface area (Å²) in [5.41, 5.74) is 4.96. The summed E-state index contributed by atoms with van der Waals surface area (Å²) in [5, 5.41) is 10.8. The molecule has 0 unspecified atom stereocenters. The summed E-state index contributed by atoms with van der Waals surface area (Å²) in [6.07, 6.45) is 3.26. The number of hydrogen-bond acceptors (Lipinski definition) is 4. The van der Waals surface area contributed by atoms with E-state index in [4.69, 9.17) is 0 Å². The number of benzene rings is 2. The lowest BCUT2D eigenvalue weighted by molar-refractivity contribution is -0.122. The van der Waals surface area contributed by atoms with Crippen LogP contribution in [0, 0.1) is 13.8 Å². The highest BCUT2D eigenvalue weighted by Gasteiger charge is 2.13. The molecule has 0 aliphatic rings. The lowest BCUT2D eigenvalue weighted by Crippen LogP contribution is -2.27. The Morgan fingerprint density at radius 1 is 1.07 bits per heavy atom. The molecule has 2 amide bonds. The van der Waals surface area contributed by atoms with E-state index in [1.54, 1.807) is 0 Å². The van der Waals surface area contributed by atoms with E-state index in [1.807, 2.05) is 62.5 Å². The number of amides is 2. The van der Waals surface area contributed by atoms with Gasteiger partial charge in [0.05, 0.1) is 0 Å². The molecule has 30 heavy (non-hydrogen) atoms. The fourth-order valence-corrected chi connectivity index (χ4v) is 3.10. The second-order valence-corrected chi connectivity index (χ2v) is 7.19. The Hall–Kier alpha value is -3.94. The molecule has 0 fully saturated rings. The number of carbonyl (C=O) groups excluding carboxylic acids is 2. The third-order valence-electron chi connectivity index (χ3n) is 4.92. The van der Waals surface area contributed by atoms with Crippen LogP contribution in [-0.4, -0.2) is 31.6 Å². The summed E-state index contributed by atoms with van der Waals surface area (Å²) in [5.74, 6) is -0.619. The number of hydrogen-bond donors (Lipinski definition) is 3. The smallest absolute Gasteiger partial charge is 0.295 e. The number of anilines is 1. The van der Waals surface area contributed by atoms with E-state index >= 15 is 0 Å². The second-order valence-electron chi connectivity index (χ2n) is 7.19. The highest BCUT2D eigenvalue weighted by atomic mass is 16.2. The van der Waals surface area contributed by atoms with Crippen molar-refractivity contribution in [2.45, 2.75) is 26.9 Å². The number of nitrogens with one attached hydrogen (secondary N) is 3. The van der Waals surface area contributed by atoms with Gasteiger partial charge in [0.15, 0.2) is 0 Å². The predicted octanol–water partition coefficient (Wildman–Crippen LogP) is 2.94. The molecule has 0 saturated carbocycles. The van der Waals surface area contributed by atoms with Gasteiger partial charge in [0.2, 0.25) is 11.7 Å². The number of rotatable bonds is 6. The van der Waals surface area contributed by atoms with Crippen LogP contribution in [0.3, 0.4) is 0 Å². The van der Waals surface area contributed by atoms with Crippen LogP contribution >= 0.6 is 0 Å². The Kier molecular flexibility index (Phi) is 5.30. The van der Waals surface area contributed by atoms with E-state index < -0.39 is 5.91 Å². The number of aryl methyl sites for hydroxylation is 2. The summed E-state index contributed by atoms with van der Waals surface area (Å²) in [7, 11) is 0. The molecule has 0 atom stereocenters. The maximum absolute atomic E-state index is 12.4. The number of aromatic nitrogens is 4. The van der Waals surface area contributed by atoms with Crippen LogP contribution in [-0.2, 0) is 17.9 Å². The molecule has 152 valence electrons. The molecule has 4 aromatic rings. The summed E-state index contributed by atoms with van der Waals surface area (Å²) >= 11 is 0. The maximum atomic E-state index is 12.4. The van der Waals surface area contributed by atoms with Gasteiger partial charge in [0.25, 0.3) is 5.91 Å². The highest BCUT2D eigenvalue weighted by molar-refractivity contribution is 6.01. The molecule has 0 radical (unpaired) electrons. The normalized spacial score (nSPS) is 10.9. The van der Waals surface area contributed by atoms with Crippen molar-refractivity contribution in [2.75, 3.05) is 5.32 Å². The predicted molar refractivity (Wildman–Crippen MR) is 114 cm³/mol. The van der Waals surface area contributed by atoms with Crippen LogP contribution in [0.4, 0.5) is 5.69 Å². The molecule has 2 heterocycles. The van der Waals surface area contributed by atoms with E-state index in [0.29, 0.717) is 12.2 Å². The Balaban J connectivity index is 1.32. The Bertz CT molecular complexity index is 1220. The number of nitrogens with zero attached hydrogens (tertiary/aromatic N) is 3. The average molecular weight is 402 g/mol. The van der Waals surface area contributed by atoms with Crippen LogP contribution in [0.5, 0.6) is 0 Å². The molecule has 0 bridgehead atoms. The molecule has 2 aromatic carbocycles. The molecule has 0 aliphatic carbocycles. The molecule has 2 aromatic heterocycles. The van der Waals surface area contributed by atoms with Gasteiger partial charge in [-0.1, -0.05) is 12.1 Å². The minimum atomic E-state index is -0.419. The standard InChI is InChI=1S/C22H22N6O2/c1-14-3-5-18(9-15(14)2)26-22(30)21-25-13-28(27-21)12-20(29)24-11-16-4-6-19-17(10-16)7-8-23-19/h3-10,13,23H,11-12H2,1-2H3,(H,24,29)(H,26,30). The van der Waals surface area contributed by atoms with E-state index in [9.17, 15) is 9.59 Å². The van der Waals surface area contributed by atoms with Gasteiger partial charge in [0.1, 0.15) is 12.9 Å². The fraction of sp³-hybridized carbons (Fsp3) is 0.182. The van der Waals surface area contributed by atoms with Gasteiger partial charge in [-0.2, -0.15) is 0 Å². The average Bonchev–Trinajstić information content (AvgIpc) is 3.38. The molecule has 3 N–H and O–H groups in total. The van der Waals surface area contributed by atoms with Crippen molar-refractivity contribution >= 4 is 28.4 Å². The molecule has 8 nitrogen and oxygen atoms in total. The zero-order valence-corrected chi connectivity index (χ0v) is 16.8. The van der Waals surface area contributed by atoms with Gasteiger partial charge >= 0.3 is 0 Å². The lowest BCUT2D eigenvalue weighted by atomic mass is 10.1. The largest absolute Gasteiger partial charge is 0.361 e. The van der Waals surface area contributed by atoms with E-state index in [0.717, 1.165) is 27.6 Å². The second kappa shape index (κ2) is 8.20. The third-order valence-corrected chi connectivity index (χ3v) is 4.92. The number of carbonyl (C=O) groups is 2. The summed E-state index contributed by atoms with van der Waals surface area (Å²) in [4.78, 5) is 31.7. The number of fused-ring (bicyclic) bond motifs is 1. The van der Waals surface area contributed by atoms with Gasteiger partial charge in [0, 0.05) is 23.9 Å². The summed E-state index contributed by atoms with van der Waals surface area (Å²) in [6.45, 7) is 4.38. The van der Waals surface area contributed by atoms with Crippen molar-refractivity contribution in [1.82, 2.24) is 25.1 Å². The maximum Gasteiger partial charge on any atom is 0.295 e. The van der Waals surface area contributed by atoms with Gasteiger partial charge in [-0.15, -0.1) is 5.10 Å². The van der Waals surface area contributed by atoms with Gasteiger partial charge < -0.3 is 15.6 Å². The van der Waals surface area contributed by atoms with Crippen LogP contribution in [0.15, 0.2) is 55.0 Å². The highest BCUT2D eigenvalue weighted by Crippen LogP contribution is 2.15. The first-order valence-electron chi connectivity index (χ1n) is 9.59. The topological polar surface area (TPSA) is 105 Å². The first-order chi connectivity index (χ1) is 14.5. The van der Waals surface area contributed by atoms with Crippen LogP contribution in [0.25, 0.3) is 10.9 Å². The quantitative estimate of drug-likeness (QED) is 0.461. The Labute approximate surface area is 173 Å². The number of H-pyrrole nitrogens is 1. The van der Waals surface area contributed by atoms with Crippen molar-refractivity contribution in [3.63, 3.8) is 0 Å². The van der Waals surface area contributed by atoms with Crippen molar-refractivity contribution < 1.29 is 9.59 Å². The minimum Gasteiger partial charge on any atom is -0.361 e. The van der Waals surface area contributed by atoms with Crippen molar-refractivity contribution in [2.24, 2.45) is 0 Å². The molecule has 0 aliphatic heterocycles. The van der Waals surface area contributed by atoms with Crippen LogP contribution in [0.2, 0.25) is 0 Å². The third kappa shape index (κ3) is 4.38. The van der Waals surface area contributed by atoms with E-state index in [-0.39, 0.29) is 18.3 Å².